The smallest absolute Gasteiger partial charge is 0.160 e. The van der Waals surface area contributed by atoms with Gasteiger partial charge in [0.05, 0.1) is 39.2 Å². The van der Waals surface area contributed by atoms with Crippen LogP contribution in [0.5, 0.6) is 0 Å². The molecule has 0 unspecified atom stereocenters. The Kier molecular flexibility index (Phi) is 7.53. The molecule has 4 nitrogen and oxygen atoms in total. The first-order valence-electron chi connectivity index (χ1n) is 20.5. The maximum atomic E-state index is 5.25. The SMILES string of the molecule is c1ccc(-c2cc(-c3ccccc3)nc(-c3cccc(N4c5ccccc5C5(c6cc7c8ccccc8n(-c8ccccc8)c7cc64)c4ccsc4-c4sccc45)c3)n2)cc1. The van der Waals surface area contributed by atoms with Crippen LogP contribution in [0.1, 0.15) is 22.3 Å². The second kappa shape index (κ2) is 13.3. The van der Waals surface area contributed by atoms with Crippen LogP contribution in [0, 0.1) is 0 Å². The zero-order valence-corrected chi connectivity index (χ0v) is 34.4. The molecule has 1 aliphatic heterocycles. The van der Waals surface area contributed by atoms with E-state index in [-0.39, 0.29) is 0 Å². The summed E-state index contributed by atoms with van der Waals surface area (Å²) in [6.45, 7) is 0. The largest absolute Gasteiger partial charge is 0.310 e. The minimum absolute atomic E-state index is 0.493. The third-order valence-electron chi connectivity index (χ3n) is 12.6. The van der Waals surface area contributed by atoms with Crippen LogP contribution in [-0.4, -0.2) is 14.5 Å². The van der Waals surface area contributed by atoms with Crippen LogP contribution in [0.15, 0.2) is 205 Å². The van der Waals surface area contributed by atoms with Crippen molar-refractivity contribution in [3.63, 3.8) is 0 Å². The van der Waals surface area contributed by atoms with Gasteiger partial charge in [-0.05, 0) is 99.7 Å². The summed E-state index contributed by atoms with van der Waals surface area (Å²) in [6, 6.07) is 70.1. The first-order valence-corrected chi connectivity index (χ1v) is 22.3. The lowest BCUT2D eigenvalue weighted by Crippen LogP contribution is -2.35. The predicted molar refractivity (Wildman–Crippen MR) is 254 cm³/mol. The number of rotatable bonds is 5. The highest BCUT2D eigenvalue weighted by molar-refractivity contribution is 7.21. The number of anilines is 3. The van der Waals surface area contributed by atoms with Gasteiger partial charge in [0.15, 0.2) is 5.82 Å². The minimum Gasteiger partial charge on any atom is -0.310 e. The third kappa shape index (κ3) is 4.98. The lowest BCUT2D eigenvalue weighted by molar-refractivity contribution is 0.757. The van der Waals surface area contributed by atoms with Crippen molar-refractivity contribution < 1.29 is 0 Å². The standard InChI is InChI=1S/C55H34N4S2/c1-4-15-35(16-5-1)46-33-47(36-17-6-2-7-18-36)57-54(56-46)37-19-14-22-39(31-37)59-49-26-13-11-24-42(49)55(43-27-29-60-52(43)53-44(55)28-30-61-53)45-32-41-40-23-10-12-25-48(40)58(50(41)34-51(45)59)38-20-8-3-9-21-38/h1-34H. The monoisotopic (exact) mass is 814 g/mol. The predicted octanol–water partition coefficient (Wildman–Crippen LogP) is 14.8. The molecule has 13 rings (SSSR count). The molecule has 7 aromatic carbocycles. The van der Waals surface area contributed by atoms with Crippen molar-refractivity contribution in [2.24, 2.45) is 0 Å². The van der Waals surface area contributed by atoms with E-state index in [9.17, 15) is 0 Å². The van der Waals surface area contributed by atoms with Gasteiger partial charge in [-0.15, -0.1) is 22.7 Å². The van der Waals surface area contributed by atoms with Gasteiger partial charge in [0.25, 0.3) is 0 Å². The quantitative estimate of drug-likeness (QED) is 0.174. The Bertz CT molecular complexity index is 3390. The molecule has 5 heterocycles. The van der Waals surface area contributed by atoms with E-state index in [1.165, 1.54) is 53.8 Å². The van der Waals surface area contributed by atoms with Crippen molar-refractivity contribution in [2.75, 3.05) is 4.90 Å². The van der Waals surface area contributed by atoms with Crippen LogP contribution in [0.4, 0.5) is 17.1 Å². The fourth-order valence-corrected chi connectivity index (χ4v) is 12.1. The van der Waals surface area contributed by atoms with Crippen molar-refractivity contribution in [1.29, 1.82) is 0 Å². The Morgan fingerprint density at radius 3 is 1.69 bits per heavy atom. The van der Waals surface area contributed by atoms with Crippen LogP contribution < -0.4 is 4.90 Å². The van der Waals surface area contributed by atoms with Gasteiger partial charge in [-0.3, -0.25) is 0 Å². The summed E-state index contributed by atoms with van der Waals surface area (Å²) < 4.78 is 2.43. The van der Waals surface area contributed by atoms with E-state index in [4.69, 9.17) is 9.97 Å². The maximum absolute atomic E-state index is 5.25. The highest BCUT2D eigenvalue weighted by Crippen LogP contribution is 2.66. The molecule has 61 heavy (non-hydrogen) atoms. The van der Waals surface area contributed by atoms with E-state index < -0.39 is 5.41 Å². The second-order valence-corrected chi connectivity index (χ2v) is 17.6. The minimum atomic E-state index is -0.493. The Morgan fingerprint density at radius 1 is 0.393 bits per heavy atom. The Hall–Kier alpha value is -7.38. The summed E-state index contributed by atoms with van der Waals surface area (Å²) in [5, 5.41) is 7.04. The first kappa shape index (κ1) is 34.5. The molecule has 4 aromatic heterocycles. The van der Waals surface area contributed by atoms with Crippen LogP contribution in [0.25, 0.3) is 71.2 Å². The molecule has 0 N–H and O–H groups in total. The Labute approximate surface area is 361 Å². The zero-order chi connectivity index (χ0) is 40.1. The number of aromatic nitrogens is 3. The van der Waals surface area contributed by atoms with Crippen molar-refractivity contribution >= 4 is 61.5 Å². The topological polar surface area (TPSA) is 34.0 Å². The van der Waals surface area contributed by atoms with Crippen molar-refractivity contribution in [3.8, 4) is 49.3 Å². The van der Waals surface area contributed by atoms with Gasteiger partial charge in [0.2, 0.25) is 0 Å². The van der Waals surface area contributed by atoms with Gasteiger partial charge >= 0.3 is 0 Å². The number of para-hydroxylation sites is 3. The number of thiophene rings is 2. The number of hydrogen-bond acceptors (Lipinski definition) is 5. The summed E-state index contributed by atoms with van der Waals surface area (Å²) in [7, 11) is 0. The molecular formula is C55H34N4S2. The number of nitrogens with zero attached hydrogens (tertiary/aromatic N) is 4. The molecule has 11 aromatic rings. The Morgan fingerprint density at radius 2 is 0.984 bits per heavy atom. The average molecular weight is 815 g/mol. The summed E-state index contributed by atoms with van der Waals surface area (Å²) >= 11 is 3.72. The molecule has 0 fully saturated rings. The van der Waals surface area contributed by atoms with E-state index in [1.807, 2.05) is 34.8 Å². The maximum Gasteiger partial charge on any atom is 0.160 e. The number of benzene rings is 7. The van der Waals surface area contributed by atoms with Crippen molar-refractivity contribution in [1.82, 2.24) is 14.5 Å². The van der Waals surface area contributed by atoms with E-state index in [0.717, 1.165) is 50.8 Å². The highest BCUT2D eigenvalue weighted by atomic mass is 32.1. The number of hydrogen-bond donors (Lipinski definition) is 0. The molecule has 286 valence electrons. The van der Waals surface area contributed by atoms with Crippen LogP contribution >= 0.6 is 22.7 Å². The van der Waals surface area contributed by atoms with Crippen LogP contribution in [0.2, 0.25) is 0 Å². The molecule has 0 bridgehead atoms. The fourth-order valence-electron chi connectivity index (χ4n) is 10.0. The second-order valence-electron chi connectivity index (χ2n) is 15.7. The van der Waals surface area contributed by atoms with Gasteiger partial charge in [-0.25, -0.2) is 9.97 Å². The van der Waals surface area contributed by atoms with Crippen LogP contribution in [0.3, 0.4) is 0 Å². The van der Waals surface area contributed by atoms with E-state index in [1.54, 1.807) is 0 Å². The van der Waals surface area contributed by atoms with Gasteiger partial charge in [-0.2, -0.15) is 0 Å². The molecule has 0 amide bonds. The van der Waals surface area contributed by atoms with E-state index in [2.05, 4.69) is 202 Å². The van der Waals surface area contributed by atoms with E-state index in [0.29, 0.717) is 5.82 Å². The Balaban J connectivity index is 1.10. The van der Waals surface area contributed by atoms with Gasteiger partial charge in [0, 0.05) is 48.6 Å². The summed E-state index contributed by atoms with van der Waals surface area (Å²) in [6.07, 6.45) is 0. The lowest BCUT2D eigenvalue weighted by Gasteiger charge is -2.44. The molecule has 0 saturated heterocycles. The average Bonchev–Trinajstić information content (AvgIpc) is 4.13. The number of fused-ring (bicyclic) bond motifs is 12. The molecule has 0 atom stereocenters. The van der Waals surface area contributed by atoms with Gasteiger partial charge < -0.3 is 9.47 Å². The summed E-state index contributed by atoms with van der Waals surface area (Å²) in [5.41, 5.74) is 16.5. The molecule has 0 saturated carbocycles. The zero-order valence-electron chi connectivity index (χ0n) is 32.7. The normalized spacial score (nSPS) is 13.3. The molecule has 1 aliphatic carbocycles. The molecule has 1 spiro atoms. The fraction of sp³-hybridized carbons (Fsp3) is 0.0182. The highest BCUT2D eigenvalue weighted by Gasteiger charge is 2.53. The third-order valence-corrected chi connectivity index (χ3v) is 14.6. The van der Waals surface area contributed by atoms with Crippen LogP contribution in [-0.2, 0) is 5.41 Å². The van der Waals surface area contributed by atoms with Crippen molar-refractivity contribution in [3.05, 3.63) is 227 Å². The van der Waals surface area contributed by atoms with Gasteiger partial charge in [0.1, 0.15) is 0 Å². The summed E-state index contributed by atoms with van der Waals surface area (Å²) in [5.74, 6) is 0.685. The summed E-state index contributed by atoms with van der Waals surface area (Å²) in [4.78, 5) is 15.7. The van der Waals surface area contributed by atoms with Gasteiger partial charge in [-0.1, -0.05) is 127 Å². The molecule has 0 radical (unpaired) electrons. The van der Waals surface area contributed by atoms with Crippen molar-refractivity contribution in [2.45, 2.75) is 5.41 Å². The lowest BCUT2D eigenvalue weighted by atomic mass is 9.65. The van der Waals surface area contributed by atoms with E-state index >= 15 is 0 Å². The molecular weight excluding hydrogens is 781 g/mol. The first-order chi connectivity index (χ1) is 30.3. The molecule has 6 heteroatoms. The molecule has 2 aliphatic rings.